The number of fused-ring (bicyclic) bond motifs is 1. The van der Waals surface area contributed by atoms with E-state index in [0.717, 1.165) is 9.99 Å². The molecule has 19 heavy (non-hydrogen) atoms. The molecule has 1 aromatic heterocycles. The Kier molecular flexibility index (Phi) is 3.11. The van der Waals surface area contributed by atoms with Gasteiger partial charge in [-0.2, -0.15) is 0 Å². The zero-order valence-corrected chi connectivity index (χ0v) is 12.5. The quantitative estimate of drug-likeness (QED) is 0.595. The molecule has 0 bridgehead atoms. The molecule has 2 heteroatoms. The smallest absolute Gasteiger partial charge is 0.0738 e. The van der Waals surface area contributed by atoms with Gasteiger partial charge in [0.1, 0.15) is 0 Å². The van der Waals surface area contributed by atoms with Crippen LogP contribution in [0.5, 0.6) is 0 Å². The van der Waals surface area contributed by atoms with E-state index in [1.807, 2.05) is 6.20 Å². The first kappa shape index (κ1) is 12.4. The summed E-state index contributed by atoms with van der Waals surface area (Å²) in [5.41, 5.74) is 6.00. The van der Waals surface area contributed by atoms with Gasteiger partial charge in [0, 0.05) is 16.1 Å². The molecule has 0 aliphatic heterocycles. The molecule has 0 N–H and O–H groups in total. The third-order valence-electron chi connectivity index (χ3n) is 3.36. The second kappa shape index (κ2) is 4.78. The monoisotopic (exact) mass is 311 g/mol. The Labute approximate surface area is 121 Å². The number of aromatic nitrogens is 1. The van der Waals surface area contributed by atoms with E-state index in [9.17, 15) is 0 Å². The highest BCUT2D eigenvalue weighted by molar-refractivity contribution is 9.10. The molecule has 0 atom stereocenters. The fourth-order valence-electron chi connectivity index (χ4n) is 2.37. The molecular formula is C17H14BrN. The van der Waals surface area contributed by atoms with Gasteiger partial charge in [0.25, 0.3) is 0 Å². The topological polar surface area (TPSA) is 12.9 Å². The van der Waals surface area contributed by atoms with Crippen molar-refractivity contribution in [2.24, 2.45) is 0 Å². The molecule has 0 spiro atoms. The van der Waals surface area contributed by atoms with Gasteiger partial charge in [0.15, 0.2) is 0 Å². The predicted octanol–water partition coefficient (Wildman–Crippen LogP) is 5.28. The first-order chi connectivity index (χ1) is 9.15. The molecule has 3 rings (SSSR count). The van der Waals surface area contributed by atoms with Crippen molar-refractivity contribution in [3.05, 3.63) is 64.3 Å². The number of hydrogen-bond acceptors (Lipinski definition) is 1. The first-order valence-electron chi connectivity index (χ1n) is 6.27. The Morgan fingerprint density at radius 2 is 1.68 bits per heavy atom. The van der Waals surface area contributed by atoms with Gasteiger partial charge in [-0.05, 0) is 48.7 Å². The van der Waals surface area contributed by atoms with Gasteiger partial charge in [-0.3, -0.25) is 4.98 Å². The van der Waals surface area contributed by atoms with Crippen LogP contribution in [-0.2, 0) is 0 Å². The number of pyridine rings is 1. The van der Waals surface area contributed by atoms with Gasteiger partial charge in [-0.15, -0.1) is 0 Å². The summed E-state index contributed by atoms with van der Waals surface area (Å²) in [5, 5.41) is 1.19. The van der Waals surface area contributed by atoms with Crippen LogP contribution in [0, 0.1) is 13.8 Å². The molecule has 1 nitrogen and oxygen atoms in total. The highest BCUT2D eigenvalue weighted by Gasteiger charge is 2.07. The number of aryl methyl sites for hydroxylation is 2. The predicted molar refractivity (Wildman–Crippen MR) is 84.4 cm³/mol. The fraction of sp³-hybridized carbons (Fsp3) is 0.118. The Hall–Kier alpha value is -1.67. The average molecular weight is 312 g/mol. The van der Waals surface area contributed by atoms with Crippen LogP contribution in [0.2, 0.25) is 0 Å². The Morgan fingerprint density at radius 1 is 0.947 bits per heavy atom. The third kappa shape index (κ3) is 2.28. The third-order valence-corrected chi connectivity index (χ3v) is 3.82. The van der Waals surface area contributed by atoms with E-state index in [2.05, 4.69) is 77.2 Å². The van der Waals surface area contributed by atoms with Crippen LogP contribution in [0.1, 0.15) is 11.1 Å². The van der Waals surface area contributed by atoms with Gasteiger partial charge >= 0.3 is 0 Å². The Balaban J connectivity index is 2.32. The Bertz CT molecular complexity index is 745. The second-order valence-electron chi connectivity index (χ2n) is 4.84. The zero-order chi connectivity index (χ0) is 13.4. The maximum Gasteiger partial charge on any atom is 0.0738 e. The molecule has 0 radical (unpaired) electrons. The number of hydrogen-bond donors (Lipinski definition) is 0. The van der Waals surface area contributed by atoms with Crippen LogP contribution in [0.4, 0.5) is 0 Å². The standard InChI is InChI=1S/C17H14BrN/c1-11-3-5-13(6-4-11)15-7-8-19-17-12(2)9-14(18)10-16(15)17/h3-10H,1-2H3. The Morgan fingerprint density at radius 3 is 2.42 bits per heavy atom. The number of benzene rings is 2. The molecule has 0 unspecified atom stereocenters. The van der Waals surface area contributed by atoms with E-state index < -0.39 is 0 Å². The van der Waals surface area contributed by atoms with Gasteiger partial charge in [-0.25, -0.2) is 0 Å². The highest BCUT2D eigenvalue weighted by Crippen LogP contribution is 2.31. The van der Waals surface area contributed by atoms with Crippen molar-refractivity contribution in [3.8, 4) is 11.1 Å². The van der Waals surface area contributed by atoms with Crippen LogP contribution in [0.3, 0.4) is 0 Å². The van der Waals surface area contributed by atoms with Crippen molar-refractivity contribution in [2.45, 2.75) is 13.8 Å². The van der Waals surface area contributed by atoms with Gasteiger partial charge < -0.3 is 0 Å². The number of halogens is 1. The summed E-state index contributed by atoms with van der Waals surface area (Å²) in [5.74, 6) is 0. The van der Waals surface area contributed by atoms with Crippen LogP contribution in [-0.4, -0.2) is 4.98 Å². The lowest BCUT2D eigenvalue weighted by Crippen LogP contribution is -1.88. The molecule has 0 saturated carbocycles. The first-order valence-corrected chi connectivity index (χ1v) is 7.06. The van der Waals surface area contributed by atoms with Gasteiger partial charge in [-0.1, -0.05) is 45.8 Å². The molecule has 0 aliphatic carbocycles. The van der Waals surface area contributed by atoms with Crippen molar-refractivity contribution in [1.29, 1.82) is 0 Å². The summed E-state index contributed by atoms with van der Waals surface area (Å²) < 4.78 is 1.10. The molecule has 94 valence electrons. The van der Waals surface area contributed by atoms with E-state index in [0.29, 0.717) is 0 Å². The molecule has 0 fully saturated rings. The number of nitrogens with zero attached hydrogens (tertiary/aromatic N) is 1. The SMILES string of the molecule is Cc1ccc(-c2ccnc3c(C)cc(Br)cc23)cc1. The summed E-state index contributed by atoms with van der Waals surface area (Å²) in [7, 11) is 0. The van der Waals surface area contributed by atoms with E-state index in [1.54, 1.807) is 0 Å². The van der Waals surface area contributed by atoms with Crippen LogP contribution in [0.25, 0.3) is 22.0 Å². The van der Waals surface area contributed by atoms with E-state index in [4.69, 9.17) is 0 Å². The molecule has 0 aliphatic rings. The molecule has 0 saturated heterocycles. The minimum atomic E-state index is 1.07. The van der Waals surface area contributed by atoms with Crippen molar-refractivity contribution >= 4 is 26.8 Å². The van der Waals surface area contributed by atoms with Gasteiger partial charge in [0.05, 0.1) is 5.52 Å². The van der Waals surface area contributed by atoms with Crippen LogP contribution in [0.15, 0.2) is 53.1 Å². The fourth-order valence-corrected chi connectivity index (χ4v) is 2.95. The summed E-state index contributed by atoms with van der Waals surface area (Å²) in [6.07, 6.45) is 1.89. The van der Waals surface area contributed by atoms with E-state index in [1.165, 1.54) is 27.6 Å². The normalized spacial score (nSPS) is 10.9. The van der Waals surface area contributed by atoms with Crippen molar-refractivity contribution in [1.82, 2.24) is 4.98 Å². The maximum absolute atomic E-state index is 4.50. The maximum atomic E-state index is 4.50. The average Bonchev–Trinajstić information content (AvgIpc) is 2.39. The van der Waals surface area contributed by atoms with Gasteiger partial charge in [0.2, 0.25) is 0 Å². The molecule has 1 heterocycles. The van der Waals surface area contributed by atoms with E-state index >= 15 is 0 Å². The molecule has 2 aromatic carbocycles. The summed E-state index contributed by atoms with van der Waals surface area (Å²) >= 11 is 3.57. The summed E-state index contributed by atoms with van der Waals surface area (Å²) in [6.45, 7) is 4.20. The lowest BCUT2D eigenvalue weighted by atomic mass is 9.99. The molecule has 3 aromatic rings. The van der Waals surface area contributed by atoms with Crippen molar-refractivity contribution in [3.63, 3.8) is 0 Å². The highest BCUT2D eigenvalue weighted by atomic mass is 79.9. The summed E-state index contributed by atoms with van der Waals surface area (Å²) in [6, 6.07) is 15.0. The second-order valence-corrected chi connectivity index (χ2v) is 5.76. The van der Waals surface area contributed by atoms with Crippen molar-refractivity contribution < 1.29 is 0 Å². The minimum absolute atomic E-state index is 1.07. The lowest BCUT2D eigenvalue weighted by Gasteiger charge is -2.09. The zero-order valence-electron chi connectivity index (χ0n) is 10.9. The van der Waals surface area contributed by atoms with Crippen molar-refractivity contribution in [2.75, 3.05) is 0 Å². The molecule has 0 amide bonds. The largest absolute Gasteiger partial charge is 0.256 e. The van der Waals surface area contributed by atoms with E-state index in [-0.39, 0.29) is 0 Å². The van der Waals surface area contributed by atoms with Crippen LogP contribution >= 0.6 is 15.9 Å². The lowest BCUT2D eigenvalue weighted by molar-refractivity contribution is 1.36. The summed E-state index contributed by atoms with van der Waals surface area (Å²) in [4.78, 5) is 4.50. The van der Waals surface area contributed by atoms with Crippen LogP contribution < -0.4 is 0 Å². The molecular weight excluding hydrogens is 298 g/mol. The minimum Gasteiger partial charge on any atom is -0.256 e. The number of rotatable bonds is 1.